The van der Waals surface area contributed by atoms with Gasteiger partial charge in [-0.2, -0.15) is 5.26 Å². The minimum absolute atomic E-state index is 0.177. The molecule has 1 rings (SSSR count). The van der Waals surface area contributed by atoms with Crippen molar-refractivity contribution in [3.8, 4) is 6.07 Å². The van der Waals surface area contributed by atoms with E-state index in [1.165, 1.54) is 18.2 Å². The summed E-state index contributed by atoms with van der Waals surface area (Å²) in [6.07, 6.45) is -1.61. The molecule has 0 aliphatic rings. The van der Waals surface area contributed by atoms with Crippen LogP contribution in [0, 0.1) is 11.3 Å². The highest BCUT2D eigenvalue weighted by molar-refractivity contribution is 9.10. The van der Waals surface area contributed by atoms with Gasteiger partial charge in [0, 0.05) is 10.0 Å². The molecule has 1 unspecified atom stereocenters. The maximum atomic E-state index is 10.5. The van der Waals surface area contributed by atoms with E-state index in [1.807, 2.05) is 6.07 Å². The highest BCUT2D eigenvalue weighted by Crippen LogP contribution is 2.24. The molecule has 1 aromatic rings. The molecule has 14 heavy (non-hydrogen) atoms. The summed E-state index contributed by atoms with van der Waals surface area (Å²) in [4.78, 5) is 10.5. The number of aliphatic carboxylic acids is 1. The second-order valence-corrected chi connectivity index (χ2v) is 3.44. The highest BCUT2D eigenvalue weighted by Gasteiger charge is 2.18. The SMILES string of the molecule is N#Cc1ccc(Br)c(C(O)C(=O)O)c1. The van der Waals surface area contributed by atoms with E-state index < -0.39 is 12.1 Å². The van der Waals surface area contributed by atoms with Crippen molar-refractivity contribution in [2.45, 2.75) is 6.10 Å². The number of rotatable bonds is 2. The van der Waals surface area contributed by atoms with E-state index in [2.05, 4.69) is 15.9 Å². The maximum Gasteiger partial charge on any atom is 0.337 e. The van der Waals surface area contributed by atoms with Gasteiger partial charge in [-0.3, -0.25) is 0 Å². The van der Waals surface area contributed by atoms with Crippen LogP contribution in [0.4, 0.5) is 0 Å². The van der Waals surface area contributed by atoms with Gasteiger partial charge in [-0.25, -0.2) is 4.79 Å². The van der Waals surface area contributed by atoms with Gasteiger partial charge >= 0.3 is 5.97 Å². The number of nitriles is 1. The summed E-state index contributed by atoms with van der Waals surface area (Å²) in [5.41, 5.74) is 0.486. The smallest absolute Gasteiger partial charge is 0.337 e. The molecule has 0 radical (unpaired) electrons. The number of aliphatic hydroxyl groups is 1. The van der Waals surface area contributed by atoms with Crippen molar-refractivity contribution in [2.24, 2.45) is 0 Å². The summed E-state index contributed by atoms with van der Waals surface area (Å²) in [6.45, 7) is 0. The van der Waals surface area contributed by atoms with Crippen molar-refractivity contribution in [2.75, 3.05) is 0 Å². The Morgan fingerprint density at radius 2 is 2.21 bits per heavy atom. The van der Waals surface area contributed by atoms with Crippen LogP contribution in [-0.2, 0) is 4.79 Å². The largest absolute Gasteiger partial charge is 0.479 e. The summed E-state index contributed by atoms with van der Waals surface area (Å²) in [7, 11) is 0. The van der Waals surface area contributed by atoms with Crippen LogP contribution < -0.4 is 0 Å². The van der Waals surface area contributed by atoms with Gasteiger partial charge in [-0.15, -0.1) is 0 Å². The number of halogens is 1. The van der Waals surface area contributed by atoms with Crippen LogP contribution in [0.3, 0.4) is 0 Å². The van der Waals surface area contributed by atoms with Crippen LogP contribution in [0.5, 0.6) is 0 Å². The van der Waals surface area contributed by atoms with Gasteiger partial charge in [0.1, 0.15) is 0 Å². The summed E-state index contributed by atoms with van der Waals surface area (Å²) >= 11 is 3.10. The van der Waals surface area contributed by atoms with Crippen molar-refractivity contribution >= 4 is 21.9 Å². The van der Waals surface area contributed by atoms with Crippen molar-refractivity contribution < 1.29 is 15.0 Å². The first-order valence-corrected chi connectivity index (χ1v) is 4.46. The molecular formula is C9H6BrNO3. The Labute approximate surface area is 88.5 Å². The van der Waals surface area contributed by atoms with Gasteiger partial charge in [0.15, 0.2) is 6.10 Å². The highest BCUT2D eigenvalue weighted by atomic mass is 79.9. The zero-order valence-corrected chi connectivity index (χ0v) is 8.52. The normalized spacial score (nSPS) is 11.8. The fourth-order valence-corrected chi connectivity index (χ4v) is 1.42. The minimum atomic E-state index is -1.61. The lowest BCUT2D eigenvalue weighted by Gasteiger charge is -2.07. The van der Waals surface area contributed by atoms with Crippen LogP contribution >= 0.6 is 15.9 Å². The van der Waals surface area contributed by atoms with Crippen molar-refractivity contribution in [3.05, 3.63) is 33.8 Å². The third kappa shape index (κ3) is 2.10. The minimum Gasteiger partial charge on any atom is -0.479 e. The average Bonchev–Trinajstić information content (AvgIpc) is 2.17. The van der Waals surface area contributed by atoms with E-state index >= 15 is 0 Å². The number of benzene rings is 1. The molecule has 0 aliphatic carbocycles. The molecule has 0 heterocycles. The summed E-state index contributed by atoms with van der Waals surface area (Å²) in [5, 5.41) is 26.4. The quantitative estimate of drug-likeness (QED) is 0.838. The summed E-state index contributed by atoms with van der Waals surface area (Å²) in [5.74, 6) is -1.35. The molecule has 0 saturated carbocycles. The van der Waals surface area contributed by atoms with Gasteiger partial charge in [0.05, 0.1) is 11.6 Å². The molecule has 0 spiro atoms. The predicted octanol–water partition coefficient (Wildman–Crippen LogP) is 1.44. The average molecular weight is 256 g/mol. The first-order valence-electron chi connectivity index (χ1n) is 3.66. The Bertz CT molecular complexity index is 411. The fraction of sp³-hybridized carbons (Fsp3) is 0.111. The number of carbonyl (C=O) groups is 1. The first kappa shape index (κ1) is 10.7. The number of hydrogen-bond acceptors (Lipinski definition) is 3. The van der Waals surface area contributed by atoms with E-state index in [0.717, 1.165) is 0 Å². The van der Waals surface area contributed by atoms with E-state index in [9.17, 15) is 9.90 Å². The monoisotopic (exact) mass is 255 g/mol. The molecule has 1 atom stereocenters. The van der Waals surface area contributed by atoms with Gasteiger partial charge in [-0.1, -0.05) is 15.9 Å². The zero-order valence-electron chi connectivity index (χ0n) is 6.94. The second kappa shape index (κ2) is 4.22. The van der Waals surface area contributed by atoms with E-state index in [-0.39, 0.29) is 5.56 Å². The first-order chi connectivity index (χ1) is 6.56. The Morgan fingerprint density at radius 3 is 2.71 bits per heavy atom. The van der Waals surface area contributed by atoms with E-state index in [0.29, 0.717) is 10.0 Å². The van der Waals surface area contributed by atoms with Crippen LogP contribution in [0.1, 0.15) is 17.2 Å². The van der Waals surface area contributed by atoms with Crippen LogP contribution in [-0.4, -0.2) is 16.2 Å². The third-order valence-electron chi connectivity index (χ3n) is 1.65. The molecule has 0 aliphatic heterocycles. The van der Waals surface area contributed by atoms with E-state index in [4.69, 9.17) is 10.4 Å². The van der Waals surface area contributed by atoms with Crippen LogP contribution in [0.25, 0.3) is 0 Å². The molecule has 0 bridgehead atoms. The molecule has 5 heteroatoms. The Balaban J connectivity index is 3.20. The molecule has 72 valence electrons. The van der Waals surface area contributed by atoms with Gasteiger partial charge in [0.25, 0.3) is 0 Å². The third-order valence-corrected chi connectivity index (χ3v) is 2.38. The number of carboxylic acids is 1. The lowest BCUT2D eigenvalue weighted by molar-refractivity contribution is -0.147. The topological polar surface area (TPSA) is 81.3 Å². The molecule has 4 nitrogen and oxygen atoms in total. The molecule has 0 saturated heterocycles. The van der Waals surface area contributed by atoms with Crippen LogP contribution in [0.2, 0.25) is 0 Å². The number of aliphatic hydroxyl groups excluding tert-OH is 1. The summed E-state index contributed by atoms with van der Waals surface area (Å²) in [6, 6.07) is 6.26. The zero-order chi connectivity index (χ0) is 10.7. The Kier molecular flexibility index (Phi) is 3.23. The molecule has 2 N–H and O–H groups in total. The Hall–Kier alpha value is -1.38. The van der Waals surface area contributed by atoms with Gasteiger partial charge in [0.2, 0.25) is 0 Å². The molecular weight excluding hydrogens is 250 g/mol. The number of hydrogen-bond donors (Lipinski definition) is 2. The van der Waals surface area contributed by atoms with E-state index in [1.54, 1.807) is 0 Å². The van der Waals surface area contributed by atoms with Crippen molar-refractivity contribution in [1.29, 1.82) is 5.26 Å². The lowest BCUT2D eigenvalue weighted by atomic mass is 10.1. The fourth-order valence-electron chi connectivity index (χ4n) is 0.956. The van der Waals surface area contributed by atoms with Gasteiger partial charge < -0.3 is 10.2 Å². The standard InChI is InChI=1S/C9H6BrNO3/c10-7-2-1-5(4-11)3-6(7)8(12)9(13)14/h1-3,8,12H,(H,13,14). The second-order valence-electron chi connectivity index (χ2n) is 2.59. The Morgan fingerprint density at radius 1 is 1.57 bits per heavy atom. The predicted molar refractivity (Wildman–Crippen MR) is 51.5 cm³/mol. The van der Waals surface area contributed by atoms with Crippen LogP contribution in [0.15, 0.2) is 22.7 Å². The van der Waals surface area contributed by atoms with Crippen molar-refractivity contribution in [1.82, 2.24) is 0 Å². The molecule has 0 fully saturated rings. The number of carboxylic acid groups (broad SMARTS) is 1. The lowest BCUT2D eigenvalue weighted by Crippen LogP contribution is -2.11. The summed E-state index contributed by atoms with van der Waals surface area (Å²) < 4.78 is 0.464. The molecule has 0 amide bonds. The molecule has 0 aromatic heterocycles. The molecule has 1 aromatic carbocycles. The number of nitrogens with zero attached hydrogens (tertiary/aromatic N) is 1. The maximum absolute atomic E-state index is 10.5. The van der Waals surface area contributed by atoms with Crippen molar-refractivity contribution in [3.63, 3.8) is 0 Å². The van der Waals surface area contributed by atoms with Gasteiger partial charge in [-0.05, 0) is 18.2 Å².